The van der Waals surface area contributed by atoms with E-state index in [0.29, 0.717) is 19.1 Å². The molecule has 8 nitrogen and oxygen atoms in total. The van der Waals surface area contributed by atoms with Crippen molar-refractivity contribution in [2.75, 3.05) is 37.6 Å². The number of benzene rings is 1. The lowest BCUT2D eigenvalue weighted by atomic mass is 10.0. The first-order valence-corrected chi connectivity index (χ1v) is 12.3. The number of amides is 1. The molecule has 0 aliphatic carbocycles. The van der Waals surface area contributed by atoms with Crippen LogP contribution in [0.2, 0.25) is 0 Å². The minimum Gasteiger partial charge on any atom is -0.465 e. The van der Waals surface area contributed by atoms with Crippen LogP contribution in [0.4, 0.5) is 15.0 Å². The van der Waals surface area contributed by atoms with Crippen LogP contribution in [0.1, 0.15) is 43.0 Å². The number of carbonyl (C=O) groups is 1. The number of carboxylic acid groups (broad SMARTS) is 1. The molecule has 3 aliphatic heterocycles. The first kappa shape index (κ1) is 22.0. The summed E-state index contributed by atoms with van der Waals surface area (Å²) in [6, 6.07) is 11.4. The van der Waals surface area contributed by atoms with Crippen LogP contribution in [-0.4, -0.2) is 74.4 Å². The third-order valence-electron chi connectivity index (χ3n) is 7.65. The van der Waals surface area contributed by atoms with Gasteiger partial charge in [0.1, 0.15) is 11.6 Å². The molecule has 6 rings (SSSR count). The number of piperidine rings is 1. The Kier molecular flexibility index (Phi) is 5.64. The van der Waals surface area contributed by atoms with Crippen molar-refractivity contribution in [2.45, 2.75) is 37.8 Å². The molecule has 3 aromatic rings. The van der Waals surface area contributed by atoms with Gasteiger partial charge >= 0.3 is 6.09 Å². The van der Waals surface area contributed by atoms with Gasteiger partial charge in [-0.15, -0.1) is 5.10 Å². The first-order chi connectivity index (χ1) is 17.1. The fraction of sp³-hybridized carbons (Fsp3) is 0.423. The summed E-state index contributed by atoms with van der Waals surface area (Å²) in [7, 11) is 0. The molecule has 35 heavy (non-hydrogen) atoms. The summed E-state index contributed by atoms with van der Waals surface area (Å²) in [4.78, 5) is 22.0. The van der Waals surface area contributed by atoms with Crippen LogP contribution in [0.3, 0.4) is 0 Å². The highest BCUT2D eigenvalue weighted by molar-refractivity contribution is 5.69. The van der Waals surface area contributed by atoms with Gasteiger partial charge in [0.2, 0.25) is 0 Å². The smallest absolute Gasteiger partial charge is 0.407 e. The van der Waals surface area contributed by atoms with Crippen LogP contribution in [0, 0.1) is 5.82 Å². The molecule has 1 amide bonds. The Morgan fingerprint density at radius 2 is 1.94 bits per heavy atom. The fourth-order valence-electron chi connectivity index (χ4n) is 5.80. The van der Waals surface area contributed by atoms with Gasteiger partial charge in [-0.25, -0.2) is 18.7 Å². The van der Waals surface area contributed by atoms with E-state index in [-0.39, 0.29) is 11.9 Å². The minimum atomic E-state index is -0.825. The zero-order chi connectivity index (χ0) is 23.9. The Morgan fingerprint density at radius 1 is 1.09 bits per heavy atom. The summed E-state index contributed by atoms with van der Waals surface area (Å²) < 4.78 is 15.8. The standard InChI is InChI=1S/C26H29FN6O2/c27-20-4-1-3-18(15-20)22-5-2-11-32(22)25-7-6-24-28-16-23(33(24)29-25)19-8-12-31(17-19)21-9-13-30(14-10-21)26(34)35/h1,3-4,6-8,15-16,21-22H,2,5,9-14,17H2,(H,34,35). The predicted octanol–water partition coefficient (Wildman–Crippen LogP) is 4.05. The van der Waals surface area contributed by atoms with Crippen LogP contribution < -0.4 is 4.90 Å². The largest absolute Gasteiger partial charge is 0.465 e. The van der Waals surface area contributed by atoms with E-state index >= 15 is 0 Å². The molecule has 1 N–H and O–H groups in total. The number of aromatic nitrogens is 3. The quantitative estimate of drug-likeness (QED) is 0.612. The normalized spacial score (nSPS) is 21.7. The summed E-state index contributed by atoms with van der Waals surface area (Å²) >= 11 is 0. The molecule has 3 aliphatic rings. The minimum absolute atomic E-state index is 0.112. The van der Waals surface area contributed by atoms with E-state index in [1.807, 2.05) is 28.9 Å². The lowest BCUT2D eigenvalue weighted by molar-refractivity contribution is 0.107. The van der Waals surface area contributed by atoms with Crippen molar-refractivity contribution < 1.29 is 14.3 Å². The molecule has 182 valence electrons. The number of nitrogens with zero attached hydrogens (tertiary/aromatic N) is 6. The summed E-state index contributed by atoms with van der Waals surface area (Å²) in [5.41, 5.74) is 3.98. The fourth-order valence-corrected chi connectivity index (χ4v) is 5.80. The topological polar surface area (TPSA) is 77.2 Å². The predicted molar refractivity (Wildman–Crippen MR) is 131 cm³/mol. The maximum atomic E-state index is 13.9. The number of likely N-dealkylation sites (tertiary alicyclic amines) is 1. The highest BCUT2D eigenvalue weighted by Crippen LogP contribution is 2.36. The molecule has 5 heterocycles. The van der Waals surface area contributed by atoms with Crippen molar-refractivity contribution in [1.82, 2.24) is 24.4 Å². The number of halogens is 1. The van der Waals surface area contributed by atoms with Crippen molar-refractivity contribution in [3.63, 3.8) is 0 Å². The molecule has 2 fully saturated rings. The highest BCUT2D eigenvalue weighted by atomic mass is 19.1. The molecule has 9 heteroatoms. The maximum Gasteiger partial charge on any atom is 0.407 e. The van der Waals surface area contributed by atoms with Crippen molar-refractivity contribution in [3.05, 3.63) is 65.7 Å². The third kappa shape index (κ3) is 4.14. The SMILES string of the molecule is O=C(O)N1CCC(N2CC=C(c3cnc4ccc(N5CCCC5c5cccc(F)c5)nn34)C2)CC1. The lowest BCUT2D eigenvalue weighted by Crippen LogP contribution is -2.45. The van der Waals surface area contributed by atoms with Crippen molar-refractivity contribution in [2.24, 2.45) is 0 Å². The Labute approximate surface area is 203 Å². The van der Waals surface area contributed by atoms with Crippen molar-refractivity contribution >= 4 is 23.1 Å². The molecule has 0 saturated carbocycles. The van der Waals surface area contributed by atoms with Gasteiger partial charge in [0.05, 0.1) is 17.9 Å². The van der Waals surface area contributed by atoms with Crippen LogP contribution in [0.25, 0.3) is 11.2 Å². The molecule has 2 aromatic heterocycles. The van der Waals surface area contributed by atoms with Gasteiger partial charge in [-0.05, 0) is 61.1 Å². The second-order valence-electron chi connectivity index (χ2n) is 9.67. The Balaban J connectivity index is 1.21. The number of anilines is 1. The molecule has 0 bridgehead atoms. The number of rotatable bonds is 4. The number of imidazole rings is 1. The third-order valence-corrected chi connectivity index (χ3v) is 7.65. The summed E-state index contributed by atoms with van der Waals surface area (Å²) in [6.45, 7) is 3.74. The molecular weight excluding hydrogens is 447 g/mol. The summed E-state index contributed by atoms with van der Waals surface area (Å²) in [6.07, 6.45) is 7.04. The zero-order valence-electron chi connectivity index (χ0n) is 19.6. The van der Waals surface area contributed by atoms with Crippen LogP contribution >= 0.6 is 0 Å². The van der Waals surface area contributed by atoms with Gasteiger partial charge in [0.15, 0.2) is 5.65 Å². The monoisotopic (exact) mass is 476 g/mol. The number of fused-ring (bicyclic) bond motifs is 1. The molecule has 1 aromatic carbocycles. The summed E-state index contributed by atoms with van der Waals surface area (Å²) in [5, 5.41) is 14.2. The molecule has 1 unspecified atom stereocenters. The lowest BCUT2D eigenvalue weighted by Gasteiger charge is -2.35. The van der Waals surface area contributed by atoms with Gasteiger partial charge in [-0.1, -0.05) is 18.2 Å². The average Bonchev–Trinajstić information content (AvgIpc) is 3.63. The number of hydrogen-bond acceptors (Lipinski definition) is 5. The van der Waals surface area contributed by atoms with E-state index in [4.69, 9.17) is 5.10 Å². The highest BCUT2D eigenvalue weighted by Gasteiger charge is 2.31. The van der Waals surface area contributed by atoms with E-state index < -0.39 is 6.09 Å². The van der Waals surface area contributed by atoms with Gasteiger partial charge in [0.25, 0.3) is 0 Å². The van der Waals surface area contributed by atoms with E-state index in [0.717, 1.165) is 68.0 Å². The molecule has 1 atom stereocenters. The maximum absolute atomic E-state index is 13.9. The Bertz CT molecular complexity index is 1280. The van der Waals surface area contributed by atoms with E-state index in [1.54, 1.807) is 12.1 Å². The van der Waals surface area contributed by atoms with Crippen LogP contribution in [0.5, 0.6) is 0 Å². The van der Waals surface area contributed by atoms with Crippen LogP contribution in [0.15, 0.2) is 48.7 Å². The zero-order valence-corrected chi connectivity index (χ0v) is 19.6. The second-order valence-corrected chi connectivity index (χ2v) is 9.67. The Morgan fingerprint density at radius 3 is 2.74 bits per heavy atom. The van der Waals surface area contributed by atoms with Crippen LogP contribution in [-0.2, 0) is 0 Å². The van der Waals surface area contributed by atoms with Gasteiger partial charge in [-0.3, -0.25) is 4.90 Å². The molecule has 2 saturated heterocycles. The molecular formula is C26H29FN6O2. The number of hydrogen-bond donors (Lipinski definition) is 1. The van der Waals surface area contributed by atoms with E-state index in [1.165, 1.54) is 16.5 Å². The first-order valence-electron chi connectivity index (χ1n) is 12.3. The van der Waals surface area contributed by atoms with Crippen molar-refractivity contribution in [3.8, 4) is 0 Å². The van der Waals surface area contributed by atoms with Gasteiger partial charge < -0.3 is 14.9 Å². The second kappa shape index (κ2) is 8.96. The molecule has 0 radical (unpaired) electrons. The molecule has 0 spiro atoms. The van der Waals surface area contributed by atoms with E-state index in [2.05, 4.69) is 20.9 Å². The average molecular weight is 477 g/mol. The van der Waals surface area contributed by atoms with Crippen molar-refractivity contribution in [1.29, 1.82) is 0 Å². The van der Waals surface area contributed by atoms with Gasteiger partial charge in [-0.2, -0.15) is 0 Å². The van der Waals surface area contributed by atoms with E-state index in [9.17, 15) is 14.3 Å². The van der Waals surface area contributed by atoms with Gasteiger partial charge in [0, 0.05) is 38.8 Å². The Hall–Kier alpha value is -3.46. The summed E-state index contributed by atoms with van der Waals surface area (Å²) in [5.74, 6) is 0.668.